The van der Waals surface area contributed by atoms with E-state index in [0.29, 0.717) is 12.2 Å². The number of hydrogen-bond acceptors (Lipinski definition) is 3. The molecule has 0 aromatic carbocycles. The number of rotatable bonds is 3. The summed E-state index contributed by atoms with van der Waals surface area (Å²) in [5.41, 5.74) is 8.29. The molecule has 0 bridgehead atoms. The van der Waals surface area contributed by atoms with Crippen molar-refractivity contribution in [3.05, 3.63) is 36.2 Å². The predicted molar refractivity (Wildman–Crippen MR) is 60.7 cm³/mol. The van der Waals surface area contributed by atoms with Gasteiger partial charge in [-0.1, -0.05) is 0 Å². The van der Waals surface area contributed by atoms with E-state index in [-0.39, 0.29) is 0 Å². The van der Waals surface area contributed by atoms with E-state index in [1.54, 1.807) is 0 Å². The number of nitrogens with two attached hydrogens (primary N) is 1. The zero-order valence-electron chi connectivity index (χ0n) is 8.64. The van der Waals surface area contributed by atoms with E-state index >= 15 is 0 Å². The van der Waals surface area contributed by atoms with Gasteiger partial charge in [0.15, 0.2) is 0 Å². The number of hydrogen-bond donors (Lipinski definition) is 3. The lowest BCUT2D eigenvalue weighted by molar-refractivity contribution is 0.172. The van der Waals surface area contributed by atoms with E-state index in [4.69, 9.17) is 5.73 Å². The Balaban J connectivity index is 2.47. The Bertz CT molecular complexity index is 464. The van der Waals surface area contributed by atoms with Gasteiger partial charge >= 0.3 is 0 Å². The van der Waals surface area contributed by atoms with Crippen molar-refractivity contribution in [2.45, 2.75) is 6.10 Å². The van der Waals surface area contributed by atoms with Gasteiger partial charge in [0.1, 0.15) is 6.10 Å². The number of nitrogen functional groups attached to an aromatic ring is 1. The molecule has 0 fully saturated rings. The van der Waals surface area contributed by atoms with Gasteiger partial charge in [-0.05, 0) is 31.3 Å². The second-order valence-corrected chi connectivity index (χ2v) is 3.59. The standard InChI is InChI=1S/C11H15N3O/c1-13-6-11(15)10-5-4-9-3-2-8(12)7-14(9)10/h2-5,7,11,13,15H,6,12H2,1H3. The van der Waals surface area contributed by atoms with Crippen molar-refractivity contribution in [2.75, 3.05) is 19.3 Å². The van der Waals surface area contributed by atoms with Crippen molar-refractivity contribution < 1.29 is 5.11 Å². The molecule has 2 aromatic rings. The summed E-state index contributed by atoms with van der Waals surface area (Å²) in [6.45, 7) is 0.529. The highest BCUT2D eigenvalue weighted by molar-refractivity contribution is 5.54. The Labute approximate surface area is 88.3 Å². The van der Waals surface area contributed by atoms with Crippen LogP contribution in [0.2, 0.25) is 0 Å². The lowest BCUT2D eigenvalue weighted by Crippen LogP contribution is -2.17. The zero-order valence-corrected chi connectivity index (χ0v) is 8.64. The first-order chi connectivity index (χ1) is 7.22. The maximum atomic E-state index is 9.87. The highest BCUT2D eigenvalue weighted by Crippen LogP contribution is 2.18. The van der Waals surface area contributed by atoms with Gasteiger partial charge in [0, 0.05) is 23.9 Å². The number of pyridine rings is 1. The molecular formula is C11H15N3O. The first-order valence-electron chi connectivity index (χ1n) is 4.91. The van der Waals surface area contributed by atoms with Crippen LogP contribution in [-0.2, 0) is 0 Å². The van der Waals surface area contributed by atoms with E-state index in [1.165, 1.54) is 0 Å². The van der Waals surface area contributed by atoms with Crippen molar-refractivity contribution in [3.63, 3.8) is 0 Å². The van der Waals surface area contributed by atoms with E-state index < -0.39 is 6.10 Å². The SMILES string of the molecule is CNCC(O)c1ccc2ccc(N)cn12. The molecule has 4 nitrogen and oxygen atoms in total. The quantitative estimate of drug-likeness (QED) is 0.693. The van der Waals surface area contributed by atoms with Gasteiger partial charge in [0.2, 0.25) is 0 Å². The molecule has 2 heterocycles. The van der Waals surface area contributed by atoms with Crippen molar-refractivity contribution >= 4 is 11.2 Å². The molecule has 0 aliphatic rings. The fourth-order valence-electron chi connectivity index (χ4n) is 1.71. The monoisotopic (exact) mass is 205 g/mol. The lowest BCUT2D eigenvalue weighted by atomic mass is 10.2. The van der Waals surface area contributed by atoms with Crippen LogP contribution < -0.4 is 11.1 Å². The molecule has 2 aromatic heterocycles. The van der Waals surface area contributed by atoms with Crippen LogP contribution in [0.3, 0.4) is 0 Å². The summed E-state index contributed by atoms with van der Waals surface area (Å²) in [6.07, 6.45) is 1.31. The zero-order chi connectivity index (χ0) is 10.8. The molecule has 4 N–H and O–H groups in total. The molecule has 1 atom stereocenters. The second-order valence-electron chi connectivity index (χ2n) is 3.59. The van der Waals surface area contributed by atoms with Gasteiger partial charge in [0.25, 0.3) is 0 Å². The van der Waals surface area contributed by atoms with Crippen molar-refractivity contribution in [1.82, 2.24) is 9.72 Å². The summed E-state index contributed by atoms with van der Waals surface area (Å²) >= 11 is 0. The minimum atomic E-state index is -0.515. The van der Waals surface area contributed by atoms with Crippen LogP contribution >= 0.6 is 0 Å². The van der Waals surface area contributed by atoms with E-state index in [2.05, 4.69) is 5.32 Å². The molecule has 80 valence electrons. The third-order valence-corrected chi connectivity index (χ3v) is 2.44. The Kier molecular flexibility index (Phi) is 2.62. The van der Waals surface area contributed by atoms with Gasteiger partial charge in [-0.15, -0.1) is 0 Å². The molecule has 0 spiro atoms. The summed E-state index contributed by atoms with van der Waals surface area (Å²) in [5.74, 6) is 0. The molecule has 2 rings (SSSR count). The molecule has 0 aliphatic carbocycles. The van der Waals surface area contributed by atoms with Crippen LogP contribution in [0.1, 0.15) is 11.8 Å². The highest BCUT2D eigenvalue weighted by atomic mass is 16.3. The maximum Gasteiger partial charge on any atom is 0.107 e. The molecule has 0 aliphatic heterocycles. The Morgan fingerprint density at radius 3 is 2.87 bits per heavy atom. The van der Waals surface area contributed by atoms with Crippen LogP contribution in [0.5, 0.6) is 0 Å². The van der Waals surface area contributed by atoms with E-state index in [0.717, 1.165) is 11.2 Å². The summed E-state index contributed by atoms with van der Waals surface area (Å²) in [4.78, 5) is 0. The number of anilines is 1. The molecule has 15 heavy (non-hydrogen) atoms. The minimum Gasteiger partial charge on any atom is -0.398 e. The summed E-state index contributed by atoms with van der Waals surface area (Å²) in [6, 6.07) is 7.67. The Hall–Kier alpha value is -1.52. The normalized spacial score (nSPS) is 13.2. The number of aromatic nitrogens is 1. The van der Waals surface area contributed by atoms with E-state index in [1.807, 2.05) is 41.9 Å². The molecule has 0 amide bonds. The van der Waals surface area contributed by atoms with Gasteiger partial charge in [-0.3, -0.25) is 0 Å². The van der Waals surface area contributed by atoms with Crippen LogP contribution in [0, 0.1) is 0 Å². The molecule has 4 heteroatoms. The molecule has 0 radical (unpaired) electrons. The summed E-state index contributed by atoms with van der Waals surface area (Å²) in [7, 11) is 1.81. The number of nitrogens with zero attached hydrogens (tertiary/aromatic N) is 1. The maximum absolute atomic E-state index is 9.87. The average molecular weight is 205 g/mol. The molecule has 0 saturated heterocycles. The third kappa shape index (κ3) is 1.82. The topological polar surface area (TPSA) is 62.7 Å². The van der Waals surface area contributed by atoms with Crippen LogP contribution in [0.15, 0.2) is 30.5 Å². The van der Waals surface area contributed by atoms with Gasteiger partial charge in [0.05, 0.1) is 5.69 Å². The van der Waals surface area contributed by atoms with Crippen LogP contribution in [0.25, 0.3) is 5.52 Å². The summed E-state index contributed by atoms with van der Waals surface area (Å²) in [5, 5.41) is 12.8. The minimum absolute atomic E-state index is 0.515. The van der Waals surface area contributed by atoms with E-state index in [9.17, 15) is 5.11 Å². The molecule has 1 unspecified atom stereocenters. The summed E-state index contributed by atoms with van der Waals surface area (Å²) < 4.78 is 1.91. The Morgan fingerprint density at radius 2 is 2.13 bits per heavy atom. The smallest absolute Gasteiger partial charge is 0.107 e. The van der Waals surface area contributed by atoms with Gasteiger partial charge in [-0.25, -0.2) is 0 Å². The van der Waals surface area contributed by atoms with Gasteiger partial charge < -0.3 is 20.6 Å². The highest BCUT2D eigenvalue weighted by Gasteiger charge is 2.10. The first kappa shape index (κ1) is 10.0. The largest absolute Gasteiger partial charge is 0.398 e. The lowest BCUT2D eigenvalue weighted by Gasteiger charge is -2.10. The number of aliphatic hydroxyl groups is 1. The number of likely N-dealkylation sites (N-methyl/N-ethyl adjacent to an activating group) is 1. The van der Waals surface area contributed by atoms with Gasteiger partial charge in [-0.2, -0.15) is 0 Å². The van der Waals surface area contributed by atoms with Crippen molar-refractivity contribution in [3.8, 4) is 0 Å². The van der Waals surface area contributed by atoms with Crippen LogP contribution in [0.4, 0.5) is 5.69 Å². The third-order valence-electron chi connectivity index (χ3n) is 2.44. The second kappa shape index (κ2) is 3.92. The predicted octanol–water partition coefficient (Wildman–Crippen LogP) is 0.774. The van der Waals surface area contributed by atoms with Crippen LogP contribution in [-0.4, -0.2) is 23.1 Å². The average Bonchev–Trinajstić information content (AvgIpc) is 2.60. The number of nitrogens with one attached hydrogen (secondary N) is 1. The van der Waals surface area contributed by atoms with Crippen molar-refractivity contribution in [1.29, 1.82) is 0 Å². The fourth-order valence-corrected chi connectivity index (χ4v) is 1.71. The molecule has 0 saturated carbocycles. The Morgan fingerprint density at radius 1 is 1.40 bits per heavy atom. The fraction of sp³-hybridized carbons (Fsp3) is 0.273. The number of fused-ring (bicyclic) bond motifs is 1. The number of aliphatic hydroxyl groups excluding tert-OH is 1. The first-order valence-corrected chi connectivity index (χ1v) is 4.91. The van der Waals surface area contributed by atoms with Crippen molar-refractivity contribution in [2.24, 2.45) is 0 Å². The molecular weight excluding hydrogens is 190 g/mol.